The van der Waals surface area contributed by atoms with Crippen LogP contribution in [0.2, 0.25) is 0 Å². The highest BCUT2D eigenvalue weighted by Gasteiger charge is 2.03. The van der Waals surface area contributed by atoms with E-state index in [1.165, 1.54) is 7.11 Å². The Morgan fingerprint density at radius 2 is 2.00 bits per heavy atom. The van der Waals surface area contributed by atoms with Gasteiger partial charge in [-0.15, -0.1) is 0 Å². The highest BCUT2D eigenvalue weighted by Crippen LogP contribution is 2.11. The van der Waals surface area contributed by atoms with Crippen LogP contribution in [0.3, 0.4) is 0 Å². The molecule has 0 fully saturated rings. The van der Waals surface area contributed by atoms with Crippen LogP contribution in [0.25, 0.3) is 0 Å². The lowest BCUT2D eigenvalue weighted by molar-refractivity contribution is -0.140. The van der Waals surface area contributed by atoms with Gasteiger partial charge in [0.2, 0.25) is 0 Å². The van der Waals surface area contributed by atoms with Crippen molar-refractivity contribution in [3.05, 3.63) is 29.8 Å². The molecule has 0 atom stereocenters. The molecule has 4 heteroatoms. The molecule has 0 aliphatic heterocycles. The molecule has 17 heavy (non-hydrogen) atoms. The number of rotatable bonds is 6. The molecule has 0 amide bonds. The van der Waals surface area contributed by atoms with Gasteiger partial charge in [0.15, 0.2) is 0 Å². The fourth-order valence-corrected chi connectivity index (χ4v) is 1.59. The van der Waals surface area contributed by atoms with E-state index in [1.54, 1.807) is 12.1 Å². The zero-order chi connectivity index (χ0) is 12.7. The second kappa shape index (κ2) is 6.91. The normalized spacial score (nSPS) is 10.5. The third-order valence-electron chi connectivity index (χ3n) is 2.54. The van der Waals surface area contributed by atoms with Gasteiger partial charge < -0.3 is 14.7 Å². The molecule has 0 saturated carbocycles. The summed E-state index contributed by atoms with van der Waals surface area (Å²) < 4.78 is 4.58. The van der Waals surface area contributed by atoms with Crippen LogP contribution in [0, 0.1) is 0 Å². The van der Waals surface area contributed by atoms with Gasteiger partial charge in [-0.05, 0) is 37.7 Å². The molecule has 94 valence electrons. The summed E-state index contributed by atoms with van der Waals surface area (Å²) in [6.07, 6.45) is 1.25. The van der Waals surface area contributed by atoms with Gasteiger partial charge in [-0.1, -0.05) is 12.1 Å². The minimum absolute atomic E-state index is 0.164. The predicted octanol–water partition coefficient (Wildman–Crippen LogP) is 1.78. The number of carbonyl (C=O) groups is 1. The Morgan fingerprint density at radius 3 is 2.59 bits per heavy atom. The van der Waals surface area contributed by atoms with E-state index in [-0.39, 0.29) is 11.7 Å². The van der Waals surface area contributed by atoms with Crippen molar-refractivity contribution in [2.45, 2.75) is 19.4 Å². The van der Waals surface area contributed by atoms with Crippen molar-refractivity contribution in [2.24, 2.45) is 0 Å². The zero-order valence-corrected chi connectivity index (χ0v) is 10.3. The van der Waals surface area contributed by atoms with E-state index in [0.717, 1.165) is 25.1 Å². The van der Waals surface area contributed by atoms with Gasteiger partial charge in [0.25, 0.3) is 0 Å². The molecule has 0 spiro atoms. The van der Waals surface area contributed by atoms with Gasteiger partial charge in [-0.3, -0.25) is 4.79 Å². The van der Waals surface area contributed by atoms with Gasteiger partial charge in [0.1, 0.15) is 5.75 Å². The lowest BCUT2D eigenvalue weighted by atomic mass is 10.2. The number of benzene rings is 1. The maximum atomic E-state index is 10.9. The van der Waals surface area contributed by atoms with Crippen molar-refractivity contribution >= 4 is 5.97 Å². The highest BCUT2D eigenvalue weighted by atomic mass is 16.5. The predicted molar refractivity (Wildman–Crippen MR) is 65.7 cm³/mol. The summed E-state index contributed by atoms with van der Waals surface area (Å²) in [5.41, 5.74) is 1.14. The van der Waals surface area contributed by atoms with Crippen LogP contribution in [0.5, 0.6) is 5.75 Å². The van der Waals surface area contributed by atoms with Gasteiger partial charge >= 0.3 is 5.97 Å². The first-order valence-electron chi connectivity index (χ1n) is 5.65. The molecule has 0 unspecified atom stereocenters. The highest BCUT2D eigenvalue weighted by molar-refractivity contribution is 5.69. The summed E-state index contributed by atoms with van der Waals surface area (Å²) in [5.74, 6) is 0.116. The summed E-state index contributed by atoms with van der Waals surface area (Å²) in [4.78, 5) is 13.1. The minimum atomic E-state index is -0.164. The molecule has 0 heterocycles. The molecule has 0 aliphatic carbocycles. The van der Waals surface area contributed by atoms with E-state index in [0.29, 0.717) is 6.42 Å². The van der Waals surface area contributed by atoms with Crippen LogP contribution in [-0.2, 0) is 16.1 Å². The number of hydrogen-bond donors (Lipinski definition) is 1. The molecule has 4 nitrogen and oxygen atoms in total. The third kappa shape index (κ3) is 5.36. The maximum absolute atomic E-state index is 10.9. The lowest BCUT2D eigenvalue weighted by Crippen LogP contribution is -2.19. The van der Waals surface area contributed by atoms with Crippen molar-refractivity contribution in [3.63, 3.8) is 0 Å². The Labute approximate surface area is 102 Å². The van der Waals surface area contributed by atoms with Gasteiger partial charge in [0.05, 0.1) is 7.11 Å². The number of esters is 1. The molecule has 1 rings (SSSR count). The second-order valence-corrected chi connectivity index (χ2v) is 4.08. The Bertz CT molecular complexity index is 348. The Hall–Kier alpha value is -1.55. The van der Waals surface area contributed by atoms with Crippen LogP contribution in [0.4, 0.5) is 0 Å². The number of ether oxygens (including phenoxy) is 1. The number of carbonyl (C=O) groups excluding carboxylic acids is 1. The van der Waals surface area contributed by atoms with Crippen LogP contribution >= 0.6 is 0 Å². The Balaban J connectivity index is 2.27. The topological polar surface area (TPSA) is 49.8 Å². The largest absolute Gasteiger partial charge is 0.508 e. The fraction of sp³-hybridized carbons (Fsp3) is 0.462. The molecular weight excluding hydrogens is 218 g/mol. The molecule has 0 saturated heterocycles. The summed E-state index contributed by atoms with van der Waals surface area (Å²) in [6.45, 7) is 1.65. The first-order chi connectivity index (χ1) is 8.11. The fourth-order valence-electron chi connectivity index (χ4n) is 1.59. The van der Waals surface area contributed by atoms with E-state index in [4.69, 9.17) is 5.11 Å². The van der Waals surface area contributed by atoms with Crippen molar-refractivity contribution in [1.29, 1.82) is 0 Å². The minimum Gasteiger partial charge on any atom is -0.508 e. The first kappa shape index (κ1) is 13.5. The molecule has 0 aliphatic rings. The molecule has 1 aromatic rings. The van der Waals surface area contributed by atoms with E-state index in [2.05, 4.69) is 9.64 Å². The summed E-state index contributed by atoms with van der Waals surface area (Å²) >= 11 is 0. The zero-order valence-electron chi connectivity index (χ0n) is 10.3. The third-order valence-corrected chi connectivity index (χ3v) is 2.54. The molecule has 0 bridgehead atoms. The van der Waals surface area contributed by atoms with Gasteiger partial charge in [0, 0.05) is 13.0 Å². The molecular formula is C13H19NO3. The van der Waals surface area contributed by atoms with Crippen molar-refractivity contribution in [3.8, 4) is 5.75 Å². The number of aromatic hydroxyl groups is 1. The smallest absolute Gasteiger partial charge is 0.305 e. The summed E-state index contributed by atoms with van der Waals surface area (Å²) in [7, 11) is 3.41. The SMILES string of the molecule is COC(=O)CCCN(C)Cc1ccc(O)cc1. The van der Waals surface area contributed by atoms with E-state index < -0.39 is 0 Å². The van der Waals surface area contributed by atoms with Crippen LogP contribution in [0.1, 0.15) is 18.4 Å². The number of hydrogen-bond acceptors (Lipinski definition) is 4. The summed E-state index contributed by atoms with van der Waals surface area (Å²) in [6, 6.07) is 7.15. The Morgan fingerprint density at radius 1 is 1.35 bits per heavy atom. The number of nitrogens with zero attached hydrogens (tertiary/aromatic N) is 1. The molecule has 1 N–H and O–H groups in total. The van der Waals surface area contributed by atoms with E-state index >= 15 is 0 Å². The van der Waals surface area contributed by atoms with Crippen molar-refractivity contribution in [1.82, 2.24) is 4.90 Å². The van der Waals surface area contributed by atoms with Crippen LogP contribution < -0.4 is 0 Å². The average Bonchev–Trinajstić information content (AvgIpc) is 2.32. The number of phenols is 1. The van der Waals surface area contributed by atoms with E-state index in [1.807, 2.05) is 19.2 Å². The standard InChI is InChI=1S/C13H19NO3/c1-14(9-3-4-13(16)17-2)10-11-5-7-12(15)8-6-11/h5-8,15H,3-4,9-10H2,1-2H3. The second-order valence-electron chi connectivity index (χ2n) is 4.08. The summed E-state index contributed by atoms with van der Waals surface area (Å²) in [5, 5.41) is 9.16. The number of phenolic OH excluding ortho intramolecular Hbond substituents is 1. The average molecular weight is 237 g/mol. The van der Waals surface area contributed by atoms with Gasteiger partial charge in [-0.2, -0.15) is 0 Å². The van der Waals surface area contributed by atoms with Gasteiger partial charge in [-0.25, -0.2) is 0 Å². The number of methoxy groups -OCH3 is 1. The Kier molecular flexibility index (Phi) is 5.49. The first-order valence-corrected chi connectivity index (χ1v) is 5.65. The van der Waals surface area contributed by atoms with Crippen molar-refractivity contribution in [2.75, 3.05) is 20.7 Å². The monoisotopic (exact) mass is 237 g/mol. The van der Waals surface area contributed by atoms with E-state index in [9.17, 15) is 4.79 Å². The van der Waals surface area contributed by atoms with Crippen LogP contribution in [0.15, 0.2) is 24.3 Å². The molecule has 0 radical (unpaired) electrons. The quantitative estimate of drug-likeness (QED) is 0.766. The molecule has 1 aromatic carbocycles. The van der Waals surface area contributed by atoms with Crippen molar-refractivity contribution < 1.29 is 14.6 Å². The maximum Gasteiger partial charge on any atom is 0.305 e. The lowest BCUT2D eigenvalue weighted by Gasteiger charge is -2.16. The van der Waals surface area contributed by atoms with Crippen LogP contribution in [-0.4, -0.2) is 36.7 Å². The molecule has 0 aromatic heterocycles.